The number of rotatable bonds is 6. The van der Waals surface area contributed by atoms with Gasteiger partial charge in [0.15, 0.2) is 0 Å². The van der Waals surface area contributed by atoms with E-state index in [1.54, 1.807) is 14.2 Å². The molecular weight excluding hydrogens is 246 g/mol. The van der Waals surface area contributed by atoms with Crippen molar-refractivity contribution < 1.29 is 19.0 Å². The van der Waals surface area contributed by atoms with Crippen molar-refractivity contribution in [1.29, 1.82) is 0 Å². The van der Waals surface area contributed by atoms with Gasteiger partial charge in [-0.1, -0.05) is 6.07 Å². The largest absolute Gasteiger partial charge is 0.497 e. The standard InChI is InChI=1S/C14H21NO4/c1-10(14(16)19-5)15(2)9-11-6-7-12(17-3)8-13(11)18-4/h6-8,10H,9H2,1-5H3. The van der Waals surface area contributed by atoms with Crippen molar-refractivity contribution >= 4 is 5.97 Å². The molecule has 0 aliphatic heterocycles. The van der Waals surface area contributed by atoms with E-state index in [-0.39, 0.29) is 12.0 Å². The molecule has 0 N–H and O–H groups in total. The molecule has 19 heavy (non-hydrogen) atoms. The predicted octanol–water partition coefficient (Wildman–Crippen LogP) is 1.70. The molecule has 1 atom stereocenters. The molecule has 106 valence electrons. The van der Waals surface area contributed by atoms with Crippen LogP contribution < -0.4 is 9.47 Å². The fraction of sp³-hybridized carbons (Fsp3) is 0.500. The van der Waals surface area contributed by atoms with Gasteiger partial charge in [-0.05, 0) is 20.0 Å². The normalized spacial score (nSPS) is 12.1. The van der Waals surface area contributed by atoms with Crippen LogP contribution in [0.2, 0.25) is 0 Å². The van der Waals surface area contributed by atoms with Gasteiger partial charge in [-0.15, -0.1) is 0 Å². The lowest BCUT2D eigenvalue weighted by molar-refractivity contribution is -0.145. The first-order chi connectivity index (χ1) is 9.03. The van der Waals surface area contributed by atoms with Crippen LogP contribution in [0.4, 0.5) is 0 Å². The minimum absolute atomic E-state index is 0.255. The van der Waals surface area contributed by atoms with Crippen LogP contribution in [0.15, 0.2) is 18.2 Å². The van der Waals surface area contributed by atoms with E-state index in [0.29, 0.717) is 6.54 Å². The summed E-state index contributed by atoms with van der Waals surface area (Å²) in [5.74, 6) is 1.22. The van der Waals surface area contributed by atoms with Crippen LogP contribution in [-0.4, -0.2) is 45.3 Å². The Morgan fingerprint density at radius 3 is 2.47 bits per heavy atom. The fourth-order valence-electron chi connectivity index (χ4n) is 1.74. The second-order valence-corrected chi connectivity index (χ2v) is 4.29. The van der Waals surface area contributed by atoms with Crippen LogP contribution >= 0.6 is 0 Å². The van der Waals surface area contributed by atoms with E-state index in [1.807, 2.05) is 37.1 Å². The number of carbonyl (C=O) groups excluding carboxylic acids is 1. The minimum Gasteiger partial charge on any atom is -0.497 e. The number of esters is 1. The van der Waals surface area contributed by atoms with Crippen LogP contribution in [0, 0.1) is 0 Å². The second kappa shape index (κ2) is 6.99. The molecule has 1 rings (SSSR count). The maximum Gasteiger partial charge on any atom is 0.322 e. The van der Waals surface area contributed by atoms with Gasteiger partial charge in [-0.25, -0.2) is 0 Å². The summed E-state index contributed by atoms with van der Waals surface area (Å²) in [6.45, 7) is 2.39. The molecule has 0 fully saturated rings. The van der Waals surface area contributed by atoms with Gasteiger partial charge in [0.2, 0.25) is 0 Å². The third kappa shape index (κ3) is 3.86. The lowest BCUT2D eigenvalue weighted by Crippen LogP contribution is -2.36. The third-order valence-corrected chi connectivity index (χ3v) is 3.12. The molecule has 0 spiro atoms. The number of likely N-dealkylation sites (N-methyl/N-ethyl adjacent to an activating group) is 1. The summed E-state index contributed by atoms with van der Waals surface area (Å²) >= 11 is 0. The van der Waals surface area contributed by atoms with Crippen LogP contribution in [0.3, 0.4) is 0 Å². The Morgan fingerprint density at radius 1 is 1.26 bits per heavy atom. The number of methoxy groups -OCH3 is 3. The highest BCUT2D eigenvalue weighted by Gasteiger charge is 2.19. The molecule has 0 aliphatic rings. The van der Waals surface area contributed by atoms with Gasteiger partial charge < -0.3 is 14.2 Å². The molecule has 0 saturated heterocycles. The summed E-state index contributed by atoms with van der Waals surface area (Å²) in [4.78, 5) is 13.4. The molecule has 5 nitrogen and oxygen atoms in total. The number of benzene rings is 1. The first-order valence-corrected chi connectivity index (χ1v) is 6.02. The molecule has 0 aromatic heterocycles. The van der Waals surface area contributed by atoms with E-state index < -0.39 is 0 Å². The van der Waals surface area contributed by atoms with Crippen molar-refractivity contribution in [3.63, 3.8) is 0 Å². The van der Waals surface area contributed by atoms with Crippen molar-refractivity contribution in [1.82, 2.24) is 4.90 Å². The molecule has 5 heteroatoms. The molecular formula is C14H21NO4. The van der Waals surface area contributed by atoms with Crippen molar-refractivity contribution in [3.8, 4) is 11.5 Å². The highest BCUT2D eigenvalue weighted by atomic mass is 16.5. The Hall–Kier alpha value is -1.75. The van der Waals surface area contributed by atoms with Crippen LogP contribution in [0.1, 0.15) is 12.5 Å². The average Bonchev–Trinajstić information content (AvgIpc) is 2.45. The fourth-order valence-corrected chi connectivity index (χ4v) is 1.74. The quantitative estimate of drug-likeness (QED) is 0.734. The zero-order valence-corrected chi connectivity index (χ0v) is 12.1. The minimum atomic E-state index is -0.309. The third-order valence-electron chi connectivity index (χ3n) is 3.12. The van der Waals surface area contributed by atoms with Crippen molar-refractivity contribution in [2.24, 2.45) is 0 Å². The molecule has 0 amide bonds. The number of hydrogen-bond donors (Lipinski definition) is 0. The SMILES string of the molecule is COC(=O)C(C)N(C)Cc1ccc(OC)cc1OC. The van der Waals surface area contributed by atoms with Crippen LogP contribution in [0.5, 0.6) is 11.5 Å². The molecule has 1 unspecified atom stereocenters. The van der Waals surface area contributed by atoms with Gasteiger partial charge >= 0.3 is 5.97 Å². The van der Waals surface area contributed by atoms with Gasteiger partial charge in [0.05, 0.1) is 21.3 Å². The first kappa shape index (κ1) is 15.3. The van der Waals surface area contributed by atoms with E-state index in [4.69, 9.17) is 14.2 Å². The summed E-state index contributed by atoms with van der Waals surface area (Å²) in [5, 5.41) is 0. The summed E-state index contributed by atoms with van der Waals surface area (Å²) in [7, 11) is 6.48. The van der Waals surface area contributed by atoms with Gasteiger partial charge in [0.1, 0.15) is 17.5 Å². The van der Waals surface area contributed by atoms with Crippen LogP contribution in [0.25, 0.3) is 0 Å². The maximum atomic E-state index is 11.5. The number of ether oxygens (including phenoxy) is 3. The summed E-state index contributed by atoms with van der Waals surface area (Å²) in [6, 6.07) is 5.32. The van der Waals surface area contributed by atoms with Crippen LogP contribution in [-0.2, 0) is 16.1 Å². The zero-order valence-electron chi connectivity index (χ0n) is 12.1. The summed E-state index contributed by atoms with van der Waals surface area (Å²) < 4.78 is 15.2. The Balaban J connectivity index is 2.84. The Labute approximate surface area is 114 Å². The van der Waals surface area contributed by atoms with Crippen molar-refractivity contribution in [2.75, 3.05) is 28.4 Å². The van der Waals surface area contributed by atoms with Gasteiger partial charge in [-0.2, -0.15) is 0 Å². The first-order valence-electron chi connectivity index (χ1n) is 6.02. The summed E-state index contributed by atoms with van der Waals surface area (Å²) in [6.07, 6.45) is 0. The number of carbonyl (C=O) groups is 1. The monoisotopic (exact) mass is 267 g/mol. The Kier molecular flexibility index (Phi) is 5.63. The van der Waals surface area contributed by atoms with Crippen molar-refractivity contribution in [3.05, 3.63) is 23.8 Å². The van der Waals surface area contributed by atoms with E-state index in [9.17, 15) is 4.79 Å². The molecule has 1 aromatic rings. The van der Waals surface area contributed by atoms with E-state index in [1.165, 1.54) is 7.11 Å². The lowest BCUT2D eigenvalue weighted by Gasteiger charge is -2.23. The molecule has 0 radical (unpaired) electrons. The highest BCUT2D eigenvalue weighted by Crippen LogP contribution is 2.25. The highest BCUT2D eigenvalue weighted by molar-refractivity contribution is 5.75. The van der Waals surface area contributed by atoms with E-state index in [2.05, 4.69) is 0 Å². The Morgan fingerprint density at radius 2 is 1.95 bits per heavy atom. The summed E-state index contributed by atoms with van der Waals surface area (Å²) in [5.41, 5.74) is 0.988. The number of nitrogens with zero attached hydrogens (tertiary/aromatic N) is 1. The lowest BCUT2D eigenvalue weighted by atomic mass is 10.1. The topological polar surface area (TPSA) is 48.0 Å². The molecule has 0 bridgehead atoms. The average molecular weight is 267 g/mol. The van der Waals surface area contributed by atoms with E-state index >= 15 is 0 Å². The Bertz CT molecular complexity index is 433. The maximum absolute atomic E-state index is 11.5. The molecule has 0 saturated carbocycles. The zero-order chi connectivity index (χ0) is 14.4. The van der Waals surface area contributed by atoms with Gasteiger partial charge in [0.25, 0.3) is 0 Å². The second-order valence-electron chi connectivity index (χ2n) is 4.29. The predicted molar refractivity (Wildman–Crippen MR) is 72.5 cm³/mol. The molecule has 0 aliphatic carbocycles. The smallest absolute Gasteiger partial charge is 0.322 e. The van der Waals surface area contributed by atoms with Gasteiger partial charge in [0, 0.05) is 18.2 Å². The molecule has 1 aromatic carbocycles. The molecule has 0 heterocycles. The number of hydrogen-bond acceptors (Lipinski definition) is 5. The van der Waals surface area contributed by atoms with Gasteiger partial charge in [-0.3, -0.25) is 9.69 Å². The van der Waals surface area contributed by atoms with Crippen molar-refractivity contribution in [2.45, 2.75) is 19.5 Å². The van der Waals surface area contributed by atoms with E-state index in [0.717, 1.165) is 17.1 Å².